The Morgan fingerprint density at radius 1 is 1.31 bits per heavy atom. The third-order valence-corrected chi connectivity index (χ3v) is 2.29. The zero-order chi connectivity index (χ0) is 12.3. The molecule has 0 aliphatic heterocycles. The number of carbonyl (C=O) groups is 1. The molecule has 1 nitrogen and oxygen atoms in total. The monoisotopic (exact) mass is 298 g/mol. The molecule has 0 fully saturated rings. The molecule has 0 N–H and O–H groups in total. The van der Waals surface area contributed by atoms with Crippen molar-refractivity contribution in [3.8, 4) is 0 Å². The van der Waals surface area contributed by atoms with E-state index in [0.29, 0.717) is 4.47 Å². The average Bonchev–Trinajstić information content (AvgIpc) is 2.06. The van der Waals surface area contributed by atoms with E-state index in [1.807, 2.05) is 0 Å². The van der Waals surface area contributed by atoms with Gasteiger partial charge in [0.2, 0.25) is 0 Å². The number of halogens is 5. The zero-order valence-electron chi connectivity index (χ0n) is 7.94. The summed E-state index contributed by atoms with van der Waals surface area (Å²) in [4.78, 5) is 11.0. The van der Waals surface area contributed by atoms with E-state index in [0.717, 1.165) is 6.07 Å². The molecule has 0 aliphatic carbocycles. The molecule has 0 aliphatic rings. The molecule has 0 heterocycles. The molecule has 16 heavy (non-hydrogen) atoms. The molecule has 1 aromatic carbocycles. The Balaban J connectivity index is 2.70. The minimum Gasteiger partial charge on any atom is -0.299 e. The van der Waals surface area contributed by atoms with Crippen LogP contribution in [-0.2, 0) is 11.2 Å². The average molecular weight is 299 g/mol. The Bertz CT molecular complexity index is 400. The summed E-state index contributed by atoms with van der Waals surface area (Å²) in [7, 11) is 0. The molecule has 0 bridgehead atoms. The summed E-state index contributed by atoms with van der Waals surface area (Å²) < 4.78 is 49.2. The Kier molecular flexibility index (Phi) is 4.07. The van der Waals surface area contributed by atoms with Crippen LogP contribution in [0.1, 0.15) is 12.0 Å². The highest BCUT2D eigenvalue weighted by molar-refractivity contribution is 9.10. The smallest absolute Gasteiger partial charge is 0.299 e. The van der Waals surface area contributed by atoms with Crippen molar-refractivity contribution in [2.24, 2.45) is 0 Å². The molecular weight excluding hydrogens is 292 g/mol. The largest absolute Gasteiger partial charge is 0.395 e. The fourth-order valence-electron chi connectivity index (χ4n) is 1.16. The van der Waals surface area contributed by atoms with Crippen LogP contribution in [0.2, 0.25) is 0 Å². The standard InChI is InChI=1S/C10H7BrF4O/c11-7-2-1-6(9(12)4-7)3-8(16)5-10(13,14)15/h1-2,4H,3,5H2. The number of hydrogen-bond acceptors (Lipinski definition) is 1. The lowest BCUT2D eigenvalue weighted by molar-refractivity contribution is -0.151. The summed E-state index contributed by atoms with van der Waals surface area (Å²) in [5.74, 6) is -1.74. The van der Waals surface area contributed by atoms with Crippen molar-refractivity contribution in [2.75, 3.05) is 0 Å². The third kappa shape index (κ3) is 4.30. The maximum atomic E-state index is 13.2. The van der Waals surface area contributed by atoms with Gasteiger partial charge < -0.3 is 0 Å². The molecular formula is C10H7BrF4O. The topological polar surface area (TPSA) is 17.1 Å². The van der Waals surface area contributed by atoms with Crippen molar-refractivity contribution in [1.82, 2.24) is 0 Å². The summed E-state index contributed by atoms with van der Waals surface area (Å²) in [6, 6.07) is 3.86. The molecule has 1 aromatic rings. The molecule has 0 spiro atoms. The van der Waals surface area contributed by atoms with E-state index in [-0.39, 0.29) is 5.56 Å². The number of ketones is 1. The second kappa shape index (κ2) is 4.95. The summed E-state index contributed by atoms with van der Waals surface area (Å²) in [6.07, 6.45) is -6.61. The van der Waals surface area contributed by atoms with Crippen molar-refractivity contribution in [2.45, 2.75) is 19.0 Å². The van der Waals surface area contributed by atoms with Crippen LogP contribution in [-0.4, -0.2) is 12.0 Å². The number of alkyl halides is 3. The first kappa shape index (κ1) is 13.2. The van der Waals surface area contributed by atoms with Crippen LogP contribution in [0.3, 0.4) is 0 Å². The van der Waals surface area contributed by atoms with Crippen LogP contribution >= 0.6 is 15.9 Å². The number of hydrogen-bond donors (Lipinski definition) is 0. The van der Waals surface area contributed by atoms with Gasteiger partial charge in [-0.2, -0.15) is 13.2 Å². The van der Waals surface area contributed by atoms with Crippen LogP contribution in [0.5, 0.6) is 0 Å². The molecule has 88 valence electrons. The van der Waals surface area contributed by atoms with Crippen molar-refractivity contribution in [3.63, 3.8) is 0 Å². The molecule has 0 saturated carbocycles. The van der Waals surface area contributed by atoms with Gasteiger partial charge in [0.25, 0.3) is 0 Å². The first-order valence-electron chi connectivity index (χ1n) is 4.30. The quantitative estimate of drug-likeness (QED) is 0.779. The van der Waals surface area contributed by atoms with Gasteiger partial charge in [-0.05, 0) is 17.7 Å². The summed E-state index contributed by atoms with van der Waals surface area (Å²) in [6.45, 7) is 0. The van der Waals surface area contributed by atoms with Crippen LogP contribution in [0, 0.1) is 5.82 Å². The highest BCUT2D eigenvalue weighted by Gasteiger charge is 2.31. The first-order valence-corrected chi connectivity index (χ1v) is 5.09. The lowest BCUT2D eigenvalue weighted by Crippen LogP contribution is -2.16. The lowest BCUT2D eigenvalue weighted by Gasteiger charge is -2.06. The van der Waals surface area contributed by atoms with Crippen molar-refractivity contribution in [1.29, 1.82) is 0 Å². The fraction of sp³-hybridized carbons (Fsp3) is 0.300. The first-order chi connectivity index (χ1) is 7.28. The van der Waals surface area contributed by atoms with Gasteiger partial charge in [-0.1, -0.05) is 22.0 Å². The van der Waals surface area contributed by atoms with Gasteiger partial charge in [-0.15, -0.1) is 0 Å². The lowest BCUT2D eigenvalue weighted by atomic mass is 10.1. The molecule has 0 saturated heterocycles. The molecule has 0 unspecified atom stereocenters. The number of carbonyl (C=O) groups excluding carboxylic acids is 1. The Labute approximate surface area is 97.6 Å². The van der Waals surface area contributed by atoms with E-state index < -0.39 is 30.6 Å². The van der Waals surface area contributed by atoms with Gasteiger partial charge in [0.1, 0.15) is 18.0 Å². The predicted molar refractivity (Wildman–Crippen MR) is 53.5 cm³/mol. The van der Waals surface area contributed by atoms with E-state index in [4.69, 9.17) is 0 Å². The summed E-state index contributed by atoms with van der Waals surface area (Å²) >= 11 is 3.01. The number of rotatable bonds is 3. The van der Waals surface area contributed by atoms with Gasteiger partial charge in [0.15, 0.2) is 0 Å². The molecule has 1 rings (SSSR count). The Hall–Kier alpha value is -0.910. The van der Waals surface area contributed by atoms with E-state index >= 15 is 0 Å². The van der Waals surface area contributed by atoms with Crippen LogP contribution in [0.15, 0.2) is 22.7 Å². The van der Waals surface area contributed by atoms with Crippen LogP contribution in [0.25, 0.3) is 0 Å². The van der Waals surface area contributed by atoms with Gasteiger partial charge in [0, 0.05) is 10.9 Å². The SMILES string of the molecule is O=C(Cc1ccc(Br)cc1F)CC(F)(F)F. The molecule has 0 radical (unpaired) electrons. The third-order valence-electron chi connectivity index (χ3n) is 1.80. The van der Waals surface area contributed by atoms with Crippen molar-refractivity contribution >= 4 is 21.7 Å². The van der Waals surface area contributed by atoms with Gasteiger partial charge in [-0.3, -0.25) is 4.79 Å². The molecule has 0 aromatic heterocycles. The highest BCUT2D eigenvalue weighted by atomic mass is 79.9. The van der Waals surface area contributed by atoms with Crippen molar-refractivity contribution in [3.05, 3.63) is 34.1 Å². The fourth-order valence-corrected chi connectivity index (χ4v) is 1.50. The van der Waals surface area contributed by atoms with E-state index in [9.17, 15) is 22.4 Å². The van der Waals surface area contributed by atoms with Crippen molar-refractivity contribution < 1.29 is 22.4 Å². The van der Waals surface area contributed by atoms with Gasteiger partial charge in [-0.25, -0.2) is 4.39 Å². The Morgan fingerprint density at radius 3 is 2.44 bits per heavy atom. The number of Topliss-reactive ketones (excluding diaryl/α,β-unsaturated/α-hetero) is 1. The molecule has 6 heteroatoms. The molecule has 0 amide bonds. The van der Waals surface area contributed by atoms with Crippen LogP contribution in [0.4, 0.5) is 17.6 Å². The van der Waals surface area contributed by atoms with Gasteiger partial charge >= 0.3 is 6.18 Å². The van der Waals surface area contributed by atoms with Crippen LogP contribution < -0.4 is 0 Å². The summed E-state index contributed by atoms with van der Waals surface area (Å²) in [5, 5.41) is 0. The minimum absolute atomic E-state index is 0.0301. The van der Waals surface area contributed by atoms with Gasteiger partial charge in [0.05, 0.1) is 0 Å². The van der Waals surface area contributed by atoms with E-state index in [1.54, 1.807) is 0 Å². The second-order valence-corrected chi connectivity index (χ2v) is 4.16. The summed E-state index contributed by atoms with van der Waals surface area (Å²) in [5.41, 5.74) is -0.0301. The normalized spacial score (nSPS) is 11.6. The maximum absolute atomic E-state index is 13.2. The van der Waals surface area contributed by atoms with E-state index in [1.165, 1.54) is 12.1 Å². The Morgan fingerprint density at radius 2 is 1.94 bits per heavy atom. The van der Waals surface area contributed by atoms with E-state index in [2.05, 4.69) is 15.9 Å². The second-order valence-electron chi connectivity index (χ2n) is 3.24. The predicted octanol–water partition coefficient (Wildman–Crippen LogP) is 3.65. The maximum Gasteiger partial charge on any atom is 0.395 e. The highest BCUT2D eigenvalue weighted by Crippen LogP contribution is 2.22. The molecule has 0 atom stereocenters. The zero-order valence-corrected chi connectivity index (χ0v) is 9.53. The number of benzene rings is 1. The minimum atomic E-state index is -4.54.